The van der Waals surface area contributed by atoms with Gasteiger partial charge < -0.3 is 0 Å². The molecule has 0 bridgehead atoms. The first-order valence-electron chi connectivity index (χ1n) is 9.88. The lowest BCUT2D eigenvalue weighted by atomic mass is 9.91. The highest BCUT2D eigenvalue weighted by Crippen LogP contribution is 2.25. The van der Waals surface area contributed by atoms with E-state index in [1.54, 1.807) is 4.68 Å². The fourth-order valence-corrected chi connectivity index (χ4v) is 3.73. The van der Waals surface area contributed by atoms with Crippen LogP contribution in [0.3, 0.4) is 0 Å². The zero-order valence-electron chi connectivity index (χ0n) is 16.9. The minimum Gasteiger partial charge on any atom is -0.272 e. The van der Waals surface area contributed by atoms with Gasteiger partial charge in [0, 0.05) is 0 Å². The molecule has 0 aliphatic carbocycles. The summed E-state index contributed by atoms with van der Waals surface area (Å²) < 4.78 is 1.65. The van der Waals surface area contributed by atoms with Gasteiger partial charge in [-0.3, -0.25) is 4.79 Å². The third-order valence-electron chi connectivity index (χ3n) is 4.95. The van der Waals surface area contributed by atoms with Crippen LogP contribution in [-0.4, -0.2) is 21.9 Å². The molecule has 0 fully saturated rings. The topological polar surface area (TPSA) is 59.3 Å². The summed E-state index contributed by atoms with van der Waals surface area (Å²) in [7, 11) is 0. The number of hydrazone groups is 1. The highest BCUT2D eigenvalue weighted by Gasteiger charge is 2.22. The molecule has 5 nitrogen and oxygen atoms in total. The third kappa shape index (κ3) is 4.57. The van der Waals surface area contributed by atoms with Crippen LogP contribution in [0.1, 0.15) is 28.3 Å². The molecule has 0 spiro atoms. The number of amides is 1. The molecule has 31 heavy (non-hydrogen) atoms. The second kappa shape index (κ2) is 9.41. The van der Waals surface area contributed by atoms with E-state index in [0.29, 0.717) is 10.7 Å². The number of halogens is 1. The van der Waals surface area contributed by atoms with Crippen molar-refractivity contribution in [2.75, 3.05) is 0 Å². The lowest BCUT2D eigenvalue weighted by Crippen LogP contribution is -2.26. The van der Waals surface area contributed by atoms with Gasteiger partial charge in [0.1, 0.15) is 5.15 Å². The minimum atomic E-state index is -0.469. The summed E-state index contributed by atoms with van der Waals surface area (Å²) >= 11 is 6.53. The molecule has 1 N–H and O–H groups in total. The predicted octanol–water partition coefficient (Wildman–Crippen LogP) is 5.12. The van der Waals surface area contributed by atoms with Gasteiger partial charge in [0.05, 0.1) is 29.1 Å². The highest BCUT2D eigenvalue weighted by molar-refractivity contribution is 6.32. The van der Waals surface area contributed by atoms with Crippen molar-refractivity contribution in [2.24, 2.45) is 5.10 Å². The molecule has 4 aromatic rings. The average molecular weight is 429 g/mol. The van der Waals surface area contributed by atoms with Crippen molar-refractivity contribution in [2.45, 2.75) is 12.8 Å². The van der Waals surface area contributed by atoms with Gasteiger partial charge in [0.15, 0.2) is 0 Å². The molecular formula is C25H21ClN4O. The number of benzene rings is 3. The standard InChI is InChI=1S/C25H21ClN4O/c1-18-22(24(26)30(29-18)21-15-9-4-10-16-21)17-27-28-25(31)23(19-11-5-2-6-12-19)20-13-7-3-8-14-20/h2-17,23H,1H3,(H,28,31). The van der Waals surface area contributed by atoms with Crippen LogP contribution in [-0.2, 0) is 4.79 Å². The van der Waals surface area contributed by atoms with Crippen LogP contribution in [0.5, 0.6) is 0 Å². The first-order valence-corrected chi connectivity index (χ1v) is 10.3. The zero-order valence-corrected chi connectivity index (χ0v) is 17.7. The predicted molar refractivity (Wildman–Crippen MR) is 124 cm³/mol. The van der Waals surface area contributed by atoms with E-state index in [1.165, 1.54) is 6.21 Å². The van der Waals surface area contributed by atoms with Crippen LogP contribution in [0.15, 0.2) is 96.1 Å². The van der Waals surface area contributed by atoms with Crippen molar-refractivity contribution in [3.05, 3.63) is 119 Å². The van der Waals surface area contributed by atoms with Crippen LogP contribution in [0, 0.1) is 6.92 Å². The SMILES string of the molecule is Cc1nn(-c2ccccc2)c(Cl)c1C=NNC(=O)C(c1ccccc1)c1ccccc1. The summed E-state index contributed by atoms with van der Waals surface area (Å²) in [6.07, 6.45) is 1.54. The number of rotatable bonds is 6. The molecule has 1 heterocycles. The second-order valence-electron chi connectivity index (χ2n) is 7.03. The summed E-state index contributed by atoms with van der Waals surface area (Å²) in [6, 6.07) is 28.9. The summed E-state index contributed by atoms with van der Waals surface area (Å²) in [5.74, 6) is -0.693. The molecule has 1 aromatic heterocycles. The molecule has 0 saturated carbocycles. The number of carbonyl (C=O) groups excluding carboxylic acids is 1. The van der Waals surface area contributed by atoms with Gasteiger partial charge >= 0.3 is 0 Å². The Morgan fingerprint density at radius 3 is 2.00 bits per heavy atom. The molecule has 4 rings (SSSR count). The molecule has 0 unspecified atom stereocenters. The van der Waals surface area contributed by atoms with Gasteiger partial charge in [-0.25, -0.2) is 10.1 Å². The number of carbonyl (C=O) groups is 1. The van der Waals surface area contributed by atoms with Gasteiger partial charge in [-0.2, -0.15) is 10.2 Å². The van der Waals surface area contributed by atoms with Crippen molar-refractivity contribution in [3.63, 3.8) is 0 Å². The number of aryl methyl sites for hydroxylation is 1. The van der Waals surface area contributed by atoms with Gasteiger partial charge in [0.2, 0.25) is 0 Å². The first-order chi connectivity index (χ1) is 15.1. The van der Waals surface area contributed by atoms with E-state index in [9.17, 15) is 4.79 Å². The Kier molecular flexibility index (Phi) is 6.24. The van der Waals surface area contributed by atoms with Gasteiger partial charge in [-0.15, -0.1) is 0 Å². The maximum absolute atomic E-state index is 13.1. The normalized spacial score (nSPS) is 11.2. The Hall–Kier alpha value is -3.70. The van der Waals surface area contributed by atoms with Crippen molar-refractivity contribution in [1.29, 1.82) is 0 Å². The molecule has 0 saturated heterocycles. The molecule has 6 heteroatoms. The first kappa shape index (κ1) is 20.6. The second-order valence-corrected chi connectivity index (χ2v) is 7.38. The maximum atomic E-state index is 13.1. The Labute approximate surface area is 186 Å². The molecule has 1 amide bonds. The van der Waals surface area contributed by atoms with Gasteiger partial charge in [-0.05, 0) is 30.2 Å². The van der Waals surface area contributed by atoms with E-state index < -0.39 is 5.92 Å². The number of hydrogen-bond donors (Lipinski definition) is 1. The lowest BCUT2D eigenvalue weighted by molar-refractivity contribution is -0.121. The van der Waals surface area contributed by atoms with Crippen LogP contribution in [0.2, 0.25) is 5.15 Å². The lowest BCUT2D eigenvalue weighted by Gasteiger charge is -2.16. The number of nitrogens with one attached hydrogen (secondary N) is 1. The monoisotopic (exact) mass is 428 g/mol. The van der Waals surface area contributed by atoms with Crippen molar-refractivity contribution < 1.29 is 4.79 Å². The van der Waals surface area contributed by atoms with Crippen LogP contribution in [0.25, 0.3) is 5.69 Å². The number of hydrogen-bond acceptors (Lipinski definition) is 3. The maximum Gasteiger partial charge on any atom is 0.252 e. The Bertz CT molecular complexity index is 1150. The smallest absolute Gasteiger partial charge is 0.252 e. The Balaban J connectivity index is 1.57. The number of para-hydroxylation sites is 1. The fraction of sp³-hybridized carbons (Fsp3) is 0.0800. The fourth-order valence-electron chi connectivity index (χ4n) is 3.41. The van der Waals surface area contributed by atoms with E-state index in [2.05, 4.69) is 15.6 Å². The molecular weight excluding hydrogens is 408 g/mol. The highest BCUT2D eigenvalue weighted by atomic mass is 35.5. The van der Waals surface area contributed by atoms with Crippen LogP contribution >= 0.6 is 11.6 Å². The molecule has 0 atom stereocenters. The molecule has 0 aliphatic rings. The number of aromatic nitrogens is 2. The van der Waals surface area contributed by atoms with Crippen molar-refractivity contribution in [1.82, 2.24) is 15.2 Å². The molecule has 0 aliphatic heterocycles. The van der Waals surface area contributed by atoms with E-state index in [0.717, 1.165) is 22.5 Å². The van der Waals surface area contributed by atoms with Crippen LogP contribution < -0.4 is 5.43 Å². The Morgan fingerprint density at radius 2 is 1.45 bits per heavy atom. The van der Waals surface area contributed by atoms with Crippen molar-refractivity contribution >= 4 is 23.7 Å². The average Bonchev–Trinajstić information content (AvgIpc) is 3.10. The third-order valence-corrected chi connectivity index (χ3v) is 5.31. The summed E-state index contributed by atoms with van der Waals surface area (Å²) in [5.41, 5.74) is 6.68. The zero-order chi connectivity index (χ0) is 21.6. The molecule has 3 aromatic carbocycles. The quantitative estimate of drug-likeness (QED) is 0.342. The number of nitrogens with zero attached hydrogens (tertiary/aromatic N) is 3. The van der Waals surface area contributed by atoms with Crippen LogP contribution in [0.4, 0.5) is 0 Å². The largest absolute Gasteiger partial charge is 0.272 e. The summed E-state index contributed by atoms with van der Waals surface area (Å²) in [6.45, 7) is 1.85. The van der Waals surface area contributed by atoms with Gasteiger partial charge in [0.25, 0.3) is 5.91 Å². The molecule has 0 radical (unpaired) electrons. The van der Waals surface area contributed by atoms with E-state index >= 15 is 0 Å². The van der Waals surface area contributed by atoms with Gasteiger partial charge in [-0.1, -0.05) is 90.5 Å². The van der Waals surface area contributed by atoms with E-state index in [-0.39, 0.29) is 5.91 Å². The minimum absolute atomic E-state index is 0.224. The Morgan fingerprint density at radius 1 is 0.935 bits per heavy atom. The van der Waals surface area contributed by atoms with E-state index in [4.69, 9.17) is 11.6 Å². The van der Waals surface area contributed by atoms with Crippen molar-refractivity contribution in [3.8, 4) is 5.69 Å². The summed E-state index contributed by atoms with van der Waals surface area (Å²) in [5, 5.41) is 9.10. The summed E-state index contributed by atoms with van der Waals surface area (Å²) in [4.78, 5) is 13.1. The van der Waals surface area contributed by atoms with E-state index in [1.807, 2.05) is 97.9 Å². The molecule has 154 valence electrons.